The Morgan fingerprint density at radius 1 is 1.40 bits per heavy atom. The summed E-state index contributed by atoms with van der Waals surface area (Å²) in [5.41, 5.74) is 14.6. The van der Waals surface area contributed by atoms with Crippen LogP contribution in [0.25, 0.3) is 0 Å². The van der Waals surface area contributed by atoms with Gasteiger partial charge in [0, 0.05) is 6.54 Å². The lowest BCUT2D eigenvalue weighted by Crippen LogP contribution is -2.47. The molecule has 10 heavy (non-hydrogen) atoms. The molecule has 0 rings (SSSR count). The summed E-state index contributed by atoms with van der Waals surface area (Å²) < 4.78 is 0. The summed E-state index contributed by atoms with van der Waals surface area (Å²) in [5, 5.41) is 2.14. The summed E-state index contributed by atoms with van der Waals surface area (Å²) in [6.07, 6.45) is 0. The summed E-state index contributed by atoms with van der Waals surface area (Å²) in [6.45, 7) is -0.0231. The van der Waals surface area contributed by atoms with Crippen molar-refractivity contribution in [1.29, 1.82) is 0 Å². The molecular weight excluding hydrogens is 136 g/mol. The largest absolute Gasteiger partial charge is 0.368 e. The Bertz CT molecular complexity index is 146. The van der Waals surface area contributed by atoms with E-state index >= 15 is 0 Å². The van der Waals surface area contributed by atoms with E-state index in [0.29, 0.717) is 0 Å². The Hall–Kier alpha value is -1.30. The normalized spacial score (nSPS) is 12.1. The lowest BCUT2D eigenvalue weighted by molar-refractivity contribution is -0.119. The second-order valence-corrected chi connectivity index (χ2v) is 1.75. The van der Waals surface area contributed by atoms with Gasteiger partial charge in [-0.1, -0.05) is 0 Å². The van der Waals surface area contributed by atoms with Gasteiger partial charge < -0.3 is 22.5 Å². The van der Waals surface area contributed by atoms with Gasteiger partial charge in [0.2, 0.25) is 5.91 Å². The second-order valence-electron chi connectivity index (χ2n) is 1.75. The lowest BCUT2D eigenvalue weighted by atomic mass is 10.3. The minimum Gasteiger partial charge on any atom is -0.368 e. The molecule has 0 radical (unpaired) electrons. The third kappa shape index (κ3) is 3.67. The first-order chi connectivity index (χ1) is 4.54. The average molecular weight is 146 g/mol. The second kappa shape index (κ2) is 3.67. The summed E-state index contributed by atoms with van der Waals surface area (Å²) in [5.74, 6) is -0.672. The number of primary amides is 2. The van der Waals surface area contributed by atoms with Crippen molar-refractivity contribution in [2.75, 3.05) is 6.54 Å². The van der Waals surface area contributed by atoms with E-state index in [9.17, 15) is 9.59 Å². The molecule has 0 aliphatic carbocycles. The SMILES string of the molecule is NC(=O)NC[C@H](N)C(N)=O. The van der Waals surface area contributed by atoms with Gasteiger partial charge in [-0.25, -0.2) is 4.79 Å². The summed E-state index contributed by atoms with van der Waals surface area (Å²) >= 11 is 0. The zero-order chi connectivity index (χ0) is 8.15. The molecule has 0 aromatic rings. The van der Waals surface area contributed by atoms with Crippen molar-refractivity contribution in [3.8, 4) is 0 Å². The highest BCUT2D eigenvalue weighted by molar-refractivity contribution is 5.81. The first-order valence-corrected chi connectivity index (χ1v) is 2.62. The molecule has 0 saturated heterocycles. The fourth-order valence-electron chi connectivity index (χ4n) is 0.311. The number of nitrogens with two attached hydrogens (primary N) is 3. The van der Waals surface area contributed by atoms with Crippen LogP contribution in [0.2, 0.25) is 0 Å². The van der Waals surface area contributed by atoms with Gasteiger partial charge in [0.15, 0.2) is 0 Å². The molecule has 3 amide bonds. The van der Waals surface area contributed by atoms with Crippen LogP contribution in [0, 0.1) is 0 Å². The molecule has 0 saturated carbocycles. The third-order valence-electron chi connectivity index (χ3n) is 0.862. The van der Waals surface area contributed by atoms with E-state index in [2.05, 4.69) is 11.1 Å². The fraction of sp³-hybridized carbons (Fsp3) is 0.500. The van der Waals surface area contributed by atoms with Crippen LogP contribution in [0.3, 0.4) is 0 Å². The molecule has 6 nitrogen and oxygen atoms in total. The van der Waals surface area contributed by atoms with Crippen LogP contribution in [-0.4, -0.2) is 24.5 Å². The Morgan fingerprint density at radius 2 is 1.90 bits per heavy atom. The van der Waals surface area contributed by atoms with E-state index in [-0.39, 0.29) is 6.54 Å². The molecule has 0 heterocycles. The topological polar surface area (TPSA) is 124 Å². The molecule has 0 bridgehead atoms. The third-order valence-corrected chi connectivity index (χ3v) is 0.862. The van der Waals surface area contributed by atoms with Crippen LogP contribution in [0.4, 0.5) is 4.79 Å². The van der Waals surface area contributed by atoms with Crippen molar-refractivity contribution in [2.45, 2.75) is 6.04 Å². The van der Waals surface area contributed by atoms with Gasteiger partial charge in [-0.15, -0.1) is 0 Å². The standard InChI is InChI=1S/C4H10N4O2/c5-2(3(6)9)1-8-4(7)10/h2H,1,5H2,(H2,6,9)(H3,7,8,10)/t2-/m0/s1. The molecule has 0 aliphatic heterocycles. The number of hydrogen-bond donors (Lipinski definition) is 4. The van der Waals surface area contributed by atoms with Crippen LogP contribution in [0.1, 0.15) is 0 Å². The van der Waals surface area contributed by atoms with Gasteiger partial charge >= 0.3 is 6.03 Å². The highest BCUT2D eigenvalue weighted by Gasteiger charge is 2.08. The van der Waals surface area contributed by atoms with E-state index in [1.54, 1.807) is 0 Å². The van der Waals surface area contributed by atoms with E-state index in [4.69, 9.17) is 11.5 Å². The molecule has 0 aliphatic rings. The fourth-order valence-corrected chi connectivity index (χ4v) is 0.311. The van der Waals surface area contributed by atoms with Crippen LogP contribution >= 0.6 is 0 Å². The first kappa shape index (κ1) is 8.70. The maximum atomic E-state index is 10.2. The first-order valence-electron chi connectivity index (χ1n) is 2.62. The minimum absolute atomic E-state index is 0.0231. The van der Waals surface area contributed by atoms with Gasteiger partial charge in [-0.3, -0.25) is 4.79 Å². The molecule has 58 valence electrons. The van der Waals surface area contributed by atoms with Gasteiger partial charge in [0.25, 0.3) is 0 Å². The number of rotatable bonds is 3. The highest BCUT2D eigenvalue weighted by atomic mass is 16.2. The Kier molecular flexibility index (Phi) is 3.20. The number of carbonyl (C=O) groups excluding carboxylic acids is 2. The molecule has 1 atom stereocenters. The van der Waals surface area contributed by atoms with Crippen molar-refractivity contribution in [2.24, 2.45) is 17.2 Å². The van der Waals surface area contributed by atoms with Crippen molar-refractivity contribution in [1.82, 2.24) is 5.32 Å². The lowest BCUT2D eigenvalue weighted by Gasteiger charge is -2.05. The van der Waals surface area contributed by atoms with E-state index in [1.165, 1.54) is 0 Å². The summed E-state index contributed by atoms with van der Waals surface area (Å²) in [4.78, 5) is 20.2. The number of amides is 3. The number of hydrogen-bond acceptors (Lipinski definition) is 3. The Morgan fingerprint density at radius 3 is 2.20 bits per heavy atom. The van der Waals surface area contributed by atoms with Crippen molar-refractivity contribution in [3.63, 3.8) is 0 Å². The van der Waals surface area contributed by atoms with Gasteiger partial charge in [-0.2, -0.15) is 0 Å². The van der Waals surface area contributed by atoms with Crippen molar-refractivity contribution < 1.29 is 9.59 Å². The van der Waals surface area contributed by atoms with Gasteiger partial charge in [-0.05, 0) is 0 Å². The smallest absolute Gasteiger partial charge is 0.312 e. The maximum absolute atomic E-state index is 10.2. The van der Waals surface area contributed by atoms with Gasteiger partial charge in [0.1, 0.15) is 6.04 Å². The van der Waals surface area contributed by atoms with Crippen LogP contribution < -0.4 is 22.5 Å². The Labute approximate surface area is 57.7 Å². The summed E-state index contributed by atoms with van der Waals surface area (Å²) in [7, 11) is 0. The molecule has 0 fully saturated rings. The minimum atomic E-state index is -0.868. The quantitative estimate of drug-likeness (QED) is 0.350. The summed E-state index contributed by atoms with van der Waals surface area (Å²) in [6, 6.07) is -1.59. The molecule has 7 N–H and O–H groups in total. The molecule has 0 aromatic carbocycles. The maximum Gasteiger partial charge on any atom is 0.312 e. The predicted octanol–water partition coefficient (Wildman–Crippen LogP) is -2.53. The number of nitrogens with one attached hydrogen (secondary N) is 1. The highest BCUT2D eigenvalue weighted by Crippen LogP contribution is 1.70. The molecule has 6 heteroatoms. The van der Waals surface area contributed by atoms with Crippen LogP contribution in [-0.2, 0) is 4.79 Å². The van der Waals surface area contributed by atoms with E-state index in [0.717, 1.165) is 0 Å². The molecular formula is C4H10N4O2. The number of carbonyl (C=O) groups is 2. The number of urea groups is 1. The van der Waals surface area contributed by atoms with E-state index < -0.39 is 18.0 Å². The molecule has 0 aromatic heterocycles. The van der Waals surface area contributed by atoms with Crippen molar-refractivity contribution in [3.05, 3.63) is 0 Å². The molecule has 0 spiro atoms. The van der Waals surface area contributed by atoms with Gasteiger partial charge in [0.05, 0.1) is 0 Å². The monoisotopic (exact) mass is 146 g/mol. The van der Waals surface area contributed by atoms with Crippen LogP contribution in [0.5, 0.6) is 0 Å². The zero-order valence-electron chi connectivity index (χ0n) is 5.33. The van der Waals surface area contributed by atoms with Crippen LogP contribution in [0.15, 0.2) is 0 Å². The average Bonchev–Trinajstić information content (AvgIpc) is 1.82. The Balaban J connectivity index is 3.49. The van der Waals surface area contributed by atoms with E-state index in [1.807, 2.05) is 0 Å². The van der Waals surface area contributed by atoms with Crippen molar-refractivity contribution >= 4 is 11.9 Å². The zero-order valence-corrected chi connectivity index (χ0v) is 5.33. The molecule has 0 unspecified atom stereocenters. The predicted molar refractivity (Wildman–Crippen MR) is 34.8 cm³/mol.